The Balaban J connectivity index is 1.78. The summed E-state index contributed by atoms with van der Waals surface area (Å²) >= 11 is 1.00. The van der Waals surface area contributed by atoms with Gasteiger partial charge in [-0.25, -0.2) is 9.78 Å². The van der Waals surface area contributed by atoms with Gasteiger partial charge in [0.2, 0.25) is 5.76 Å². The zero-order valence-electron chi connectivity index (χ0n) is 17.0. The van der Waals surface area contributed by atoms with Crippen molar-refractivity contribution in [1.82, 2.24) is 4.98 Å². The van der Waals surface area contributed by atoms with E-state index in [4.69, 9.17) is 9.15 Å². The van der Waals surface area contributed by atoms with Crippen molar-refractivity contribution in [3.05, 3.63) is 86.2 Å². The molecule has 160 valence electrons. The van der Waals surface area contributed by atoms with Crippen molar-refractivity contribution in [1.29, 1.82) is 0 Å². The van der Waals surface area contributed by atoms with E-state index in [0.717, 1.165) is 11.3 Å². The van der Waals surface area contributed by atoms with Crippen molar-refractivity contribution in [2.45, 2.75) is 13.0 Å². The van der Waals surface area contributed by atoms with E-state index in [0.29, 0.717) is 22.2 Å². The van der Waals surface area contributed by atoms with Gasteiger partial charge in [-0.2, -0.15) is 0 Å². The Labute approximate surface area is 185 Å². The van der Waals surface area contributed by atoms with Crippen molar-refractivity contribution in [2.24, 2.45) is 0 Å². The molecule has 0 bridgehead atoms. The van der Waals surface area contributed by atoms with Crippen molar-refractivity contribution in [2.75, 3.05) is 12.0 Å². The maximum absolute atomic E-state index is 13.5. The van der Waals surface area contributed by atoms with Crippen LogP contribution < -0.4 is 10.3 Å². The minimum atomic E-state index is -0.838. The molecule has 2 aromatic heterocycles. The van der Waals surface area contributed by atoms with Crippen LogP contribution in [0.2, 0.25) is 0 Å². The van der Waals surface area contributed by atoms with E-state index in [9.17, 15) is 19.5 Å². The van der Waals surface area contributed by atoms with Crippen LogP contribution in [0.3, 0.4) is 0 Å². The molecule has 0 saturated carbocycles. The summed E-state index contributed by atoms with van der Waals surface area (Å²) < 4.78 is 10.7. The van der Waals surface area contributed by atoms with Gasteiger partial charge in [-0.3, -0.25) is 14.5 Å². The van der Waals surface area contributed by atoms with E-state index >= 15 is 0 Å². The largest absolute Gasteiger partial charge is 0.508 e. The third kappa shape index (κ3) is 2.89. The number of benzene rings is 2. The van der Waals surface area contributed by atoms with Crippen molar-refractivity contribution >= 4 is 39.3 Å². The van der Waals surface area contributed by atoms with Gasteiger partial charge in [0, 0.05) is 0 Å². The number of carbonyl (C=O) groups excluding carboxylic acids is 2. The first-order valence-corrected chi connectivity index (χ1v) is 10.5. The first-order chi connectivity index (χ1) is 15.4. The highest BCUT2D eigenvalue weighted by atomic mass is 32.1. The maximum Gasteiger partial charge on any atom is 0.350 e. The number of esters is 1. The molecule has 0 fully saturated rings. The van der Waals surface area contributed by atoms with Gasteiger partial charge in [0.05, 0.1) is 29.8 Å². The molecular weight excluding hydrogens is 432 g/mol. The third-order valence-corrected chi connectivity index (χ3v) is 6.49. The fraction of sp³-hybridized carbons (Fsp3) is 0.130. The summed E-state index contributed by atoms with van der Waals surface area (Å²) in [6.07, 6.45) is 0. The number of phenols is 1. The molecule has 3 heterocycles. The summed E-state index contributed by atoms with van der Waals surface area (Å²) in [5.74, 6) is -1.12. The fourth-order valence-electron chi connectivity index (χ4n) is 3.86. The molecule has 0 saturated heterocycles. The Bertz CT molecular complexity index is 1450. The number of para-hydroxylation sites is 1. The van der Waals surface area contributed by atoms with Gasteiger partial charge in [0.25, 0.3) is 5.91 Å². The maximum atomic E-state index is 13.5. The summed E-state index contributed by atoms with van der Waals surface area (Å²) in [4.78, 5) is 45.1. The topological polar surface area (TPSA) is 110 Å². The van der Waals surface area contributed by atoms with Gasteiger partial charge in [-0.1, -0.05) is 35.6 Å². The lowest BCUT2D eigenvalue weighted by Gasteiger charge is -2.22. The molecule has 4 aromatic rings. The van der Waals surface area contributed by atoms with Crippen LogP contribution in [0.4, 0.5) is 5.13 Å². The second kappa shape index (κ2) is 7.31. The lowest BCUT2D eigenvalue weighted by molar-refractivity contribution is 0.0605. The number of hydrogen-bond acceptors (Lipinski definition) is 8. The number of carbonyl (C=O) groups is 2. The Hall–Kier alpha value is -3.98. The van der Waals surface area contributed by atoms with E-state index in [1.165, 1.54) is 24.1 Å². The van der Waals surface area contributed by atoms with E-state index in [-0.39, 0.29) is 32.5 Å². The second-order valence-corrected chi connectivity index (χ2v) is 8.22. The molecule has 1 amide bonds. The Morgan fingerprint density at radius 1 is 1.16 bits per heavy atom. The van der Waals surface area contributed by atoms with Gasteiger partial charge in [-0.15, -0.1) is 0 Å². The monoisotopic (exact) mass is 448 g/mol. The molecule has 1 N–H and O–H groups in total. The number of rotatable bonds is 3. The molecule has 9 heteroatoms. The van der Waals surface area contributed by atoms with Crippen LogP contribution in [0.15, 0.2) is 57.7 Å². The zero-order chi connectivity index (χ0) is 22.6. The first kappa shape index (κ1) is 20.0. The average molecular weight is 448 g/mol. The first-order valence-electron chi connectivity index (χ1n) is 9.64. The molecule has 32 heavy (non-hydrogen) atoms. The number of ether oxygens (including phenoxy) is 1. The Morgan fingerprint density at radius 3 is 2.59 bits per heavy atom. The number of aryl methyl sites for hydroxylation is 1. The van der Waals surface area contributed by atoms with Crippen LogP contribution in [-0.4, -0.2) is 29.1 Å². The molecular formula is C23H16N2O6S. The standard InChI is InChI=1S/C23H16N2O6S/c1-11-20(22(29)30-2)32-23(24-11)25-17(12-7-9-13(26)10-8-12)16-18(27)14-5-3-4-6-15(14)31-19(16)21(25)28/h3-10,17,26H,1-2H3/t17-/m0/s1. The van der Waals surface area contributed by atoms with Crippen molar-refractivity contribution < 1.29 is 23.8 Å². The van der Waals surface area contributed by atoms with Crippen LogP contribution in [-0.2, 0) is 4.74 Å². The molecule has 5 rings (SSSR count). The van der Waals surface area contributed by atoms with Gasteiger partial charge >= 0.3 is 5.97 Å². The number of aromatic nitrogens is 1. The summed E-state index contributed by atoms with van der Waals surface area (Å²) in [5.41, 5.74) is 1.17. The van der Waals surface area contributed by atoms with Crippen molar-refractivity contribution in [3.8, 4) is 5.75 Å². The molecule has 1 aliphatic rings. The van der Waals surface area contributed by atoms with Crippen LogP contribution >= 0.6 is 11.3 Å². The number of thiazole rings is 1. The highest BCUT2D eigenvalue weighted by Gasteiger charge is 2.45. The van der Waals surface area contributed by atoms with E-state index < -0.39 is 17.9 Å². The fourth-order valence-corrected chi connectivity index (χ4v) is 4.87. The molecule has 1 aliphatic heterocycles. The second-order valence-electron chi connectivity index (χ2n) is 7.24. The Kier molecular flexibility index (Phi) is 4.56. The molecule has 1 atom stereocenters. The van der Waals surface area contributed by atoms with E-state index in [1.54, 1.807) is 43.3 Å². The normalized spacial score (nSPS) is 15.2. The molecule has 0 spiro atoms. The number of nitrogens with zero attached hydrogens (tertiary/aromatic N) is 2. The lowest BCUT2D eigenvalue weighted by Crippen LogP contribution is -2.29. The number of phenolic OH excluding ortho intramolecular Hbond substituents is 1. The summed E-state index contributed by atoms with van der Waals surface area (Å²) in [6.45, 7) is 1.65. The minimum Gasteiger partial charge on any atom is -0.508 e. The summed E-state index contributed by atoms with van der Waals surface area (Å²) in [6, 6.07) is 12.1. The number of aromatic hydroxyl groups is 1. The summed E-state index contributed by atoms with van der Waals surface area (Å²) in [7, 11) is 1.27. The molecule has 2 aromatic carbocycles. The smallest absolute Gasteiger partial charge is 0.350 e. The number of fused-ring (bicyclic) bond motifs is 2. The molecule has 8 nitrogen and oxygen atoms in total. The van der Waals surface area contributed by atoms with Crippen LogP contribution in [0.25, 0.3) is 11.0 Å². The molecule has 0 unspecified atom stereocenters. The number of methoxy groups -OCH3 is 1. The van der Waals surface area contributed by atoms with Gasteiger partial charge in [0.15, 0.2) is 10.6 Å². The van der Waals surface area contributed by atoms with E-state index in [1.807, 2.05) is 0 Å². The number of hydrogen-bond donors (Lipinski definition) is 1. The number of amides is 1. The van der Waals surface area contributed by atoms with Gasteiger partial charge < -0.3 is 14.3 Å². The van der Waals surface area contributed by atoms with Gasteiger partial charge in [-0.05, 0) is 36.8 Å². The number of anilines is 1. The quantitative estimate of drug-likeness (QED) is 0.475. The average Bonchev–Trinajstić information content (AvgIpc) is 3.31. The zero-order valence-corrected chi connectivity index (χ0v) is 17.8. The minimum absolute atomic E-state index is 0.0495. The van der Waals surface area contributed by atoms with Crippen molar-refractivity contribution in [3.63, 3.8) is 0 Å². The Morgan fingerprint density at radius 2 is 1.88 bits per heavy atom. The summed E-state index contributed by atoms with van der Waals surface area (Å²) in [5, 5.41) is 10.3. The molecule has 0 aliphatic carbocycles. The van der Waals surface area contributed by atoms with Gasteiger partial charge in [0.1, 0.15) is 16.2 Å². The predicted molar refractivity (Wildman–Crippen MR) is 117 cm³/mol. The predicted octanol–water partition coefficient (Wildman–Crippen LogP) is 3.80. The highest BCUT2D eigenvalue weighted by Crippen LogP contribution is 2.43. The van der Waals surface area contributed by atoms with Crippen LogP contribution in [0.1, 0.15) is 43.1 Å². The highest BCUT2D eigenvalue weighted by molar-refractivity contribution is 7.17. The van der Waals surface area contributed by atoms with Crippen LogP contribution in [0.5, 0.6) is 5.75 Å². The van der Waals surface area contributed by atoms with Crippen LogP contribution in [0, 0.1) is 6.92 Å². The molecule has 0 radical (unpaired) electrons. The lowest BCUT2D eigenvalue weighted by atomic mass is 9.98. The SMILES string of the molecule is COC(=O)c1sc(N2C(=O)c3oc4ccccc4c(=O)c3[C@@H]2c2ccc(O)cc2)nc1C. The third-order valence-electron chi connectivity index (χ3n) is 5.35. The van der Waals surface area contributed by atoms with E-state index in [2.05, 4.69) is 4.98 Å².